The number of ether oxygens (including phenoxy) is 1. The molecule has 0 amide bonds. The van der Waals surface area contributed by atoms with E-state index >= 15 is 0 Å². The molecule has 2 heteroatoms. The van der Waals surface area contributed by atoms with Crippen molar-refractivity contribution in [2.24, 2.45) is 0 Å². The molecule has 0 bridgehead atoms. The maximum atomic E-state index is 13.1. The van der Waals surface area contributed by atoms with E-state index in [1.165, 1.54) is 12.1 Å². The molecule has 0 atom stereocenters. The summed E-state index contributed by atoms with van der Waals surface area (Å²) in [6.45, 7) is 2.09. The molecule has 2 rings (SSSR count). The Balaban J connectivity index is 2.47. The zero-order valence-electron chi connectivity index (χ0n) is 10.1. The third-order valence-corrected chi connectivity index (χ3v) is 2.68. The number of para-hydroxylation sites is 1. The molecule has 2 aromatic rings. The Bertz CT molecular complexity index is 596. The molecule has 0 N–H and O–H groups in total. The minimum Gasteiger partial charge on any atom is -0.480 e. The topological polar surface area (TPSA) is 9.23 Å². The van der Waals surface area contributed by atoms with Crippen molar-refractivity contribution in [3.8, 4) is 29.2 Å². The smallest absolute Gasteiger partial charge is 0.148 e. The number of hydrogen-bond acceptors (Lipinski definition) is 1. The molecule has 0 heterocycles. The summed E-state index contributed by atoms with van der Waals surface area (Å²) < 4.78 is 18.6. The van der Waals surface area contributed by atoms with Crippen LogP contribution < -0.4 is 4.74 Å². The molecule has 0 saturated heterocycles. The van der Waals surface area contributed by atoms with Crippen molar-refractivity contribution in [3.05, 3.63) is 53.8 Å². The van der Waals surface area contributed by atoms with Crippen LogP contribution in [0.5, 0.6) is 5.75 Å². The summed E-state index contributed by atoms with van der Waals surface area (Å²) in [5, 5.41) is 0. The number of hydrogen-bond donors (Lipinski definition) is 0. The van der Waals surface area contributed by atoms with E-state index in [4.69, 9.17) is 11.2 Å². The zero-order valence-corrected chi connectivity index (χ0v) is 10.1. The van der Waals surface area contributed by atoms with Crippen molar-refractivity contribution in [2.75, 3.05) is 6.61 Å². The maximum absolute atomic E-state index is 13.1. The van der Waals surface area contributed by atoms with Crippen molar-refractivity contribution in [1.82, 2.24) is 0 Å². The summed E-state index contributed by atoms with van der Waals surface area (Å²) in [6, 6.07) is 12.3. The van der Waals surface area contributed by atoms with Crippen LogP contribution in [0.4, 0.5) is 4.39 Å². The maximum Gasteiger partial charge on any atom is 0.148 e. The van der Waals surface area contributed by atoms with Gasteiger partial charge >= 0.3 is 0 Å². The highest BCUT2D eigenvalue weighted by atomic mass is 19.1. The van der Waals surface area contributed by atoms with E-state index in [9.17, 15) is 4.39 Å². The highest BCUT2D eigenvalue weighted by Gasteiger charge is 2.08. The minimum atomic E-state index is -0.238. The van der Waals surface area contributed by atoms with Gasteiger partial charge in [0.1, 0.15) is 18.2 Å². The van der Waals surface area contributed by atoms with Crippen LogP contribution in [0.1, 0.15) is 5.56 Å². The van der Waals surface area contributed by atoms with Crippen LogP contribution in [-0.2, 0) is 0 Å². The lowest BCUT2D eigenvalue weighted by atomic mass is 10.00. The standard InChI is InChI=1S/C16H13FO/c1-3-10-18-16-7-5-4-6-15(16)14-9-8-13(17)11-12(14)2/h1,4-9,11H,10H2,2H3. The first-order valence-corrected chi connectivity index (χ1v) is 5.64. The van der Waals surface area contributed by atoms with E-state index in [1.807, 2.05) is 31.2 Å². The first-order chi connectivity index (χ1) is 8.72. The Hall–Kier alpha value is -2.27. The van der Waals surface area contributed by atoms with E-state index in [2.05, 4.69) is 5.92 Å². The van der Waals surface area contributed by atoms with Gasteiger partial charge in [0.05, 0.1) is 0 Å². The summed E-state index contributed by atoms with van der Waals surface area (Å²) >= 11 is 0. The molecule has 0 saturated carbocycles. The molecule has 0 fully saturated rings. The fourth-order valence-corrected chi connectivity index (χ4v) is 1.86. The molecule has 0 unspecified atom stereocenters. The van der Waals surface area contributed by atoms with Crippen LogP contribution in [-0.4, -0.2) is 6.61 Å². The van der Waals surface area contributed by atoms with Gasteiger partial charge in [-0.05, 0) is 36.2 Å². The summed E-state index contributed by atoms with van der Waals surface area (Å²) in [6.07, 6.45) is 5.19. The quantitative estimate of drug-likeness (QED) is 0.741. The molecule has 0 aromatic heterocycles. The van der Waals surface area contributed by atoms with E-state index in [-0.39, 0.29) is 12.4 Å². The molecule has 0 spiro atoms. The fraction of sp³-hybridized carbons (Fsp3) is 0.125. The third-order valence-electron chi connectivity index (χ3n) is 2.68. The lowest BCUT2D eigenvalue weighted by molar-refractivity contribution is 0.372. The van der Waals surface area contributed by atoms with Gasteiger partial charge in [0.2, 0.25) is 0 Å². The molecular formula is C16H13FO. The fourth-order valence-electron chi connectivity index (χ4n) is 1.86. The molecule has 0 radical (unpaired) electrons. The zero-order chi connectivity index (χ0) is 13.0. The average molecular weight is 240 g/mol. The molecule has 2 aromatic carbocycles. The molecule has 1 nitrogen and oxygen atoms in total. The van der Waals surface area contributed by atoms with Gasteiger partial charge in [-0.2, -0.15) is 0 Å². The second-order valence-corrected chi connectivity index (χ2v) is 3.95. The third kappa shape index (κ3) is 2.52. The number of halogens is 1. The van der Waals surface area contributed by atoms with Crippen LogP contribution in [0.15, 0.2) is 42.5 Å². The number of aryl methyl sites for hydroxylation is 1. The van der Waals surface area contributed by atoms with Crippen LogP contribution >= 0.6 is 0 Å². The number of benzene rings is 2. The van der Waals surface area contributed by atoms with Crippen molar-refractivity contribution in [2.45, 2.75) is 6.92 Å². The molecule has 0 aliphatic rings. The predicted molar refractivity (Wildman–Crippen MR) is 70.9 cm³/mol. The highest BCUT2D eigenvalue weighted by Crippen LogP contribution is 2.32. The molecule has 0 aliphatic carbocycles. The Labute approximate surface area is 106 Å². The first kappa shape index (κ1) is 12.2. The molecule has 90 valence electrons. The molecule has 18 heavy (non-hydrogen) atoms. The van der Waals surface area contributed by atoms with Gasteiger partial charge in [-0.15, -0.1) is 6.42 Å². The van der Waals surface area contributed by atoms with Crippen LogP contribution in [0, 0.1) is 25.1 Å². The van der Waals surface area contributed by atoms with Gasteiger partial charge in [-0.1, -0.05) is 30.2 Å². The normalized spacial score (nSPS) is 9.83. The van der Waals surface area contributed by atoms with Crippen molar-refractivity contribution >= 4 is 0 Å². The Morgan fingerprint density at radius 3 is 2.67 bits per heavy atom. The van der Waals surface area contributed by atoms with Crippen LogP contribution in [0.25, 0.3) is 11.1 Å². The lowest BCUT2D eigenvalue weighted by Crippen LogP contribution is -1.96. The summed E-state index contributed by atoms with van der Waals surface area (Å²) in [4.78, 5) is 0. The second-order valence-electron chi connectivity index (χ2n) is 3.95. The molecular weight excluding hydrogens is 227 g/mol. The van der Waals surface area contributed by atoms with E-state index in [0.29, 0.717) is 5.75 Å². The van der Waals surface area contributed by atoms with E-state index < -0.39 is 0 Å². The SMILES string of the molecule is C#CCOc1ccccc1-c1ccc(F)cc1C. The minimum absolute atomic E-state index is 0.219. The predicted octanol–water partition coefficient (Wildman–Crippen LogP) is 3.81. The average Bonchev–Trinajstić information content (AvgIpc) is 2.37. The summed E-state index contributed by atoms with van der Waals surface area (Å²) in [5.41, 5.74) is 2.74. The van der Waals surface area contributed by atoms with Gasteiger partial charge in [-0.25, -0.2) is 4.39 Å². The highest BCUT2D eigenvalue weighted by molar-refractivity contribution is 5.73. The van der Waals surface area contributed by atoms with Crippen molar-refractivity contribution < 1.29 is 9.13 Å². The number of terminal acetylenes is 1. The van der Waals surface area contributed by atoms with Crippen LogP contribution in [0.2, 0.25) is 0 Å². The second kappa shape index (κ2) is 5.37. The number of rotatable bonds is 3. The van der Waals surface area contributed by atoms with E-state index in [0.717, 1.165) is 16.7 Å². The van der Waals surface area contributed by atoms with Gasteiger partial charge in [0, 0.05) is 5.56 Å². The van der Waals surface area contributed by atoms with Gasteiger partial charge in [0.25, 0.3) is 0 Å². The Kier molecular flexibility index (Phi) is 3.64. The lowest BCUT2D eigenvalue weighted by Gasteiger charge is -2.11. The van der Waals surface area contributed by atoms with Gasteiger partial charge < -0.3 is 4.74 Å². The Morgan fingerprint density at radius 2 is 1.94 bits per heavy atom. The van der Waals surface area contributed by atoms with Crippen molar-refractivity contribution in [3.63, 3.8) is 0 Å². The first-order valence-electron chi connectivity index (χ1n) is 5.64. The summed E-state index contributed by atoms with van der Waals surface area (Å²) in [5.74, 6) is 2.91. The van der Waals surface area contributed by atoms with E-state index in [1.54, 1.807) is 6.07 Å². The van der Waals surface area contributed by atoms with Gasteiger partial charge in [0.15, 0.2) is 0 Å². The van der Waals surface area contributed by atoms with Crippen LogP contribution in [0.3, 0.4) is 0 Å². The summed E-state index contributed by atoms with van der Waals surface area (Å²) in [7, 11) is 0. The monoisotopic (exact) mass is 240 g/mol. The van der Waals surface area contributed by atoms with Crippen molar-refractivity contribution in [1.29, 1.82) is 0 Å². The van der Waals surface area contributed by atoms with Gasteiger partial charge in [-0.3, -0.25) is 0 Å². The largest absolute Gasteiger partial charge is 0.480 e. The molecule has 0 aliphatic heterocycles. The Morgan fingerprint density at radius 1 is 1.17 bits per heavy atom.